The lowest BCUT2D eigenvalue weighted by atomic mass is 9.85. The van der Waals surface area contributed by atoms with Gasteiger partial charge in [0.25, 0.3) is 0 Å². The predicted octanol–water partition coefficient (Wildman–Crippen LogP) is 1.61. The topological polar surface area (TPSA) is 88.3 Å². The molecule has 2 N–H and O–H groups in total. The van der Waals surface area contributed by atoms with Crippen molar-refractivity contribution in [2.75, 3.05) is 5.32 Å². The fraction of sp³-hybridized carbons (Fsp3) is 0.700. The molecule has 1 heterocycles. The Morgan fingerprint density at radius 3 is 2.94 bits per heavy atom. The summed E-state index contributed by atoms with van der Waals surface area (Å²) in [6.07, 6.45) is 3.86. The fourth-order valence-electron chi connectivity index (χ4n) is 1.61. The molecule has 88 valence electrons. The van der Waals surface area contributed by atoms with Gasteiger partial charge < -0.3 is 14.9 Å². The SMILES string of the molecule is CC[C@H](Nc1nc(C2CCC2)no1)C(=O)O. The Balaban J connectivity index is 1.98. The summed E-state index contributed by atoms with van der Waals surface area (Å²) in [6, 6.07) is -0.467. The van der Waals surface area contributed by atoms with E-state index >= 15 is 0 Å². The van der Waals surface area contributed by atoms with Gasteiger partial charge in [-0.05, 0) is 19.3 Å². The second-order valence-corrected chi connectivity index (χ2v) is 4.03. The quantitative estimate of drug-likeness (QED) is 0.791. The third-order valence-electron chi connectivity index (χ3n) is 2.92. The van der Waals surface area contributed by atoms with Crippen LogP contribution in [-0.4, -0.2) is 27.3 Å². The van der Waals surface area contributed by atoms with Crippen molar-refractivity contribution in [1.29, 1.82) is 0 Å². The third-order valence-corrected chi connectivity index (χ3v) is 2.92. The maximum Gasteiger partial charge on any atom is 0.326 e. The van der Waals surface area contributed by atoms with E-state index in [-0.39, 0.29) is 6.01 Å². The van der Waals surface area contributed by atoms with E-state index in [1.54, 1.807) is 6.92 Å². The molecule has 0 amide bonds. The van der Waals surface area contributed by atoms with Crippen molar-refractivity contribution >= 4 is 12.0 Å². The molecule has 1 saturated carbocycles. The van der Waals surface area contributed by atoms with E-state index < -0.39 is 12.0 Å². The molecule has 0 radical (unpaired) electrons. The molecule has 0 aromatic carbocycles. The van der Waals surface area contributed by atoms with Gasteiger partial charge in [-0.3, -0.25) is 0 Å². The molecule has 1 aromatic heterocycles. The molecule has 1 aliphatic rings. The summed E-state index contributed by atoms with van der Waals surface area (Å²) < 4.78 is 4.97. The Hall–Kier alpha value is -1.59. The number of nitrogens with zero attached hydrogens (tertiary/aromatic N) is 2. The van der Waals surface area contributed by atoms with Crippen LogP contribution in [0.15, 0.2) is 4.52 Å². The molecule has 0 bridgehead atoms. The van der Waals surface area contributed by atoms with Gasteiger partial charge in [0, 0.05) is 5.92 Å². The first-order valence-electron chi connectivity index (χ1n) is 5.53. The molecule has 6 heteroatoms. The number of anilines is 1. The molecule has 2 rings (SSSR count). The zero-order chi connectivity index (χ0) is 11.5. The van der Waals surface area contributed by atoms with Gasteiger partial charge in [0.2, 0.25) is 0 Å². The first-order chi connectivity index (χ1) is 7.70. The number of rotatable bonds is 5. The van der Waals surface area contributed by atoms with Crippen LogP contribution in [0.3, 0.4) is 0 Å². The van der Waals surface area contributed by atoms with Crippen molar-refractivity contribution < 1.29 is 14.4 Å². The summed E-state index contributed by atoms with van der Waals surface area (Å²) in [6.45, 7) is 1.79. The number of hydrogen-bond acceptors (Lipinski definition) is 5. The average molecular weight is 225 g/mol. The molecule has 0 aliphatic heterocycles. The van der Waals surface area contributed by atoms with Gasteiger partial charge in [0.15, 0.2) is 5.82 Å². The third kappa shape index (κ3) is 2.15. The summed E-state index contributed by atoms with van der Waals surface area (Å²) >= 11 is 0. The van der Waals surface area contributed by atoms with Crippen LogP contribution in [0.1, 0.15) is 44.3 Å². The van der Waals surface area contributed by atoms with E-state index in [4.69, 9.17) is 9.63 Å². The smallest absolute Gasteiger partial charge is 0.326 e. The normalized spacial score (nSPS) is 17.8. The number of aromatic nitrogens is 2. The average Bonchev–Trinajstić information content (AvgIpc) is 2.59. The van der Waals surface area contributed by atoms with Gasteiger partial charge in [-0.1, -0.05) is 18.5 Å². The van der Waals surface area contributed by atoms with E-state index in [9.17, 15) is 4.79 Å². The van der Waals surface area contributed by atoms with Crippen molar-refractivity contribution in [1.82, 2.24) is 10.1 Å². The molecule has 6 nitrogen and oxygen atoms in total. The van der Waals surface area contributed by atoms with Gasteiger partial charge >= 0.3 is 12.0 Å². The summed E-state index contributed by atoms with van der Waals surface area (Å²) in [4.78, 5) is 14.9. The van der Waals surface area contributed by atoms with E-state index in [1.807, 2.05) is 0 Å². The Morgan fingerprint density at radius 1 is 1.69 bits per heavy atom. The van der Waals surface area contributed by atoms with E-state index in [1.165, 1.54) is 6.42 Å². The predicted molar refractivity (Wildman–Crippen MR) is 56.2 cm³/mol. The van der Waals surface area contributed by atoms with E-state index in [2.05, 4.69) is 15.5 Å². The zero-order valence-electron chi connectivity index (χ0n) is 9.14. The van der Waals surface area contributed by atoms with E-state index in [0.717, 1.165) is 12.8 Å². The monoisotopic (exact) mass is 225 g/mol. The highest BCUT2D eigenvalue weighted by atomic mass is 16.5. The maximum atomic E-state index is 10.8. The first-order valence-corrected chi connectivity index (χ1v) is 5.53. The van der Waals surface area contributed by atoms with Crippen LogP contribution in [-0.2, 0) is 4.79 Å². The maximum absolute atomic E-state index is 10.8. The summed E-state index contributed by atoms with van der Waals surface area (Å²) in [7, 11) is 0. The van der Waals surface area contributed by atoms with Crippen molar-refractivity contribution in [3.63, 3.8) is 0 Å². The van der Waals surface area contributed by atoms with Crippen LogP contribution < -0.4 is 5.32 Å². The molecule has 0 spiro atoms. The zero-order valence-corrected chi connectivity index (χ0v) is 9.14. The highest BCUT2D eigenvalue weighted by molar-refractivity contribution is 5.76. The van der Waals surface area contributed by atoms with Crippen molar-refractivity contribution in [2.45, 2.75) is 44.6 Å². The number of hydrogen-bond donors (Lipinski definition) is 2. The number of carboxylic acid groups (broad SMARTS) is 1. The molecular weight excluding hydrogens is 210 g/mol. The van der Waals surface area contributed by atoms with Crippen molar-refractivity contribution in [3.05, 3.63) is 5.82 Å². The lowest BCUT2D eigenvalue weighted by Gasteiger charge is -2.20. The molecule has 0 saturated heterocycles. The van der Waals surface area contributed by atoms with Gasteiger partial charge in [-0.2, -0.15) is 4.98 Å². The van der Waals surface area contributed by atoms with Crippen LogP contribution in [0.25, 0.3) is 0 Å². The van der Waals surface area contributed by atoms with Gasteiger partial charge in [-0.15, -0.1) is 0 Å². The van der Waals surface area contributed by atoms with Crippen LogP contribution in [0.5, 0.6) is 0 Å². The van der Waals surface area contributed by atoms with Crippen LogP contribution >= 0.6 is 0 Å². The molecule has 1 aromatic rings. The molecule has 1 aliphatic carbocycles. The number of carboxylic acids is 1. The van der Waals surface area contributed by atoms with Crippen LogP contribution in [0.2, 0.25) is 0 Å². The summed E-state index contributed by atoms with van der Waals surface area (Å²) in [5, 5.41) is 15.4. The second kappa shape index (κ2) is 4.51. The van der Waals surface area contributed by atoms with Gasteiger partial charge in [-0.25, -0.2) is 4.79 Å². The van der Waals surface area contributed by atoms with Crippen molar-refractivity contribution in [3.8, 4) is 0 Å². The van der Waals surface area contributed by atoms with Gasteiger partial charge in [0.1, 0.15) is 6.04 Å². The largest absolute Gasteiger partial charge is 0.480 e. The number of aliphatic carboxylic acids is 1. The minimum absolute atomic E-state index is 0.205. The molecule has 0 unspecified atom stereocenters. The lowest BCUT2D eigenvalue weighted by Crippen LogP contribution is -2.28. The molecule has 1 atom stereocenters. The summed E-state index contributed by atoms with van der Waals surface area (Å²) in [5.74, 6) is 0.170. The Kier molecular flexibility index (Phi) is 3.07. The molecular formula is C10H15N3O3. The van der Waals surface area contributed by atoms with Gasteiger partial charge in [0.05, 0.1) is 0 Å². The molecule has 1 fully saturated rings. The van der Waals surface area contributed by atoms with Crippen LogP contribution in [0.4, 0.5) is 6.01 Å². The highest BCUT2D eigenvalue weighted by Crippen LogP contribution is 2.34. The molecule has 16 heavy (non-hydrogen) atoms. The second-order valence-electron chi connectivity index (χ2n) is 4.03. The highest BCUT2D eigenvalue weighted by Gasteiger charge is 2.25. The van der Waals surface area contributed by atoms with E-state index in [0.29, 0.717) is 18.2 Å². The minimum atomic E-state index is -0.911. The number of carbonyl (C=O) groups is 1. The Morgan fingerprint density at radius 2 is 2.44 bits per heavy atom. The first kappa shape index (κ1) is 10.9. The Bertz CT molecular complexity index is 373. The lowest BCUT2D eigenvalue weighted by molar-refractivity contribution is -0.138. The van der Waals surface area contributed by atoms with Crippen LogP contribution in [0, 0.1) is 0 Å². The van der Waals surface area contributed by atoms with Crippen molar-refractivity contribution in [2.24, 2.45) is 0 Å². The minimum Gasteiger partial charge on any atom is -0.480 e. The number of nitrogens with one attached hydrogen (secondary N) is 1. The Labute approximate surface area is 93.0 Å². The summed E-state index contributed by atoms with van der Waals surface area (Å²) in [5.41, 5.74) is 0. The standard InChI is InChI=1S/C10H15N3O3/c1-2-7(9(14)15)11-10-12-8(13-16-10)6-4-3-5-6/h6-7H,2-5H2,1H3,(H,14,15)(H,11,12,13)/t7-/m0/s1. The fourth-order valence-corrected chi connectivity index (χ4v) is 1.61.